The minimum atomic E-state index is -4.08. The number of benzene rings is 3. The van der Waals surface area contributed by atoms with Gasteiger partial charge in [-0.1, -0.05) is 79.6 Å². The molecule has 1 atom stereocenters. The van der Waals surface area contributed by atoms with Gasteiger partial charge in [-0.3, -0.25) is 13.9 Å². The van der Waals surface area contributed by atoms with E-state index in [2.05, 4.69) is 5.32 Å². The first-order valence-corrected chi connectivity index (χ1v) is 14.3. The molecule has 3 aromatic rings. The summed E-state index contributed by atoms with van der Waals surface area (Å²) in [5.41, 5.74) is 4.12. The Kier molecular flexibility index (Phi) is 9.69. The minimum Gasteiger partial charge on any atom is -0.357 e. The second kappa shape index (κ2) is 12.7. The summed E-state index contributed by atoms with van der Waals surface area (Å²) >= 11 is 0. The number of nitrogens with zero attached hydrogens (tertiary/aromatic N) is 2. The first kappa shape index (κ1) is 28.9. The van der Waals surface area contributed by atoms with E-state index in [0.29, 0.717) is 18.5 Å². The Morgan fingerprint density at radius 2 is 1.45 bits per heavy atom. The van der Waals surface area contributed by atoms with Crippen LogP contribution in [0.15, 0.2) is 77.7 Å². The number of aryl methyl sites for hydroxylation is 3. The molecule has 38 heavy (non-hydrogen) atoms. The normalized spacial score (nSPS) is 12.0. The van der Waals surface area contributed by atoms with Crippen molar-refractivity contribution < 1.29 is 18.0 Å². The summed E-state index contributed by atoms with van der Waals surface area (Å²) in [7, 11) is -2.55. The van der Waals surface area contributed by atoms with E-state index in [1.165, 1.54) is 16.3 Å². The van der Waals surface area contributed by atoms with Gasteiger partial charge < -0.3 is 10.2 Å². The molecule has 0 unspecified atom stereocenters. The zero-order valence-corrected chi connectivity index (χ0v) is 23.6. The lowest BCUT2D eigenvalue weighted by Crippen LogP contribution is -2.51. The van der Waals surface area contributed by atoms with E-state index in [0.717, 1.165) is 22.3 Å². The van der Waals surface area contributed by atoms with Gasteiger partial charge in [0.2, 0.25) is 11.8 Å². The molecular weight excluding hydrogens is 498 g/mol. The van der Waals surface area contributed by atoms with Crippen LogP contribution < -0.4 is 9.62 Å². The molecule has 3 aromatic carbocycles. The number of hydrogen-bond acceptors (Lipinski definition) is 4. The molecule has 0 heterocycles. The lowest BCUT2D eigenvalue weighted by atomic mass is 10.1. The average molecular weight is 536 g/mol. The maximum atomic E-state index is 14.0. The number of para-hydroxylation sites is 1. The Hall–Kier alpha value is -3.65. The Balaban J connectivity index is 2.09. The van der Waals surface area contributed by atoms with Crippen molar-refractivity contribution in [2.45, 2.75) is 58.0 Å². The van der Waals surface area contributed by atoms with E-state index in [4.69, 9.17) is 0 Å². The molecule has 0 aliphatic rings. The largest absolute Gasteiger partial charge is 0.357 e. The number of nitrogens with one attached hydrogen (secondary N) is 1. The van der Waals surface area contributed by atoms with Crippen molar-refractivity contribution in [1.29, 1.82) is 0 Å². The van der Waals surface area contributed by atoms with E-state index in [9.17, 15) is 18.0 Å². The molecule has 0 aromatic heterocycles. The Labute approximate surface area is 226 Å². The molecular formula is C30H37N3O4S. The molecule has 3 rings (SSSR count). The van der Waals surface area contributed by atoms with Gasteiger partial charge in [-0.2, -0.15) is 0 Å². The number of amides is 2. The summed E-state index contributed by atoms with van der Waals surface area (Å²) in [6.07, 6.45) is 0.973. The van der Waals surface area contributed by atoms with Crippen molar-refractivity contribution in [3.8, 4) is 0 Å². The summed E-state index contributed by atoms with van der Waals surface area (Å²) in [4.78, 5) is 28.4. The highest BCUT2D eigenvalue weighted by Crippen LogP contribution is 2.28. The molecule has 7 nitrogen and oxygen atoms in total. The second-order valence-electron chi connectivity index (χ2n) is 9.35. The fourth-order valence-corrected chi connectivity index (χ4v) is 5.83. The highest BCUT2D eigenvalue weighted by Gasteiger charge is 2.34. The van der Waals surface area contributed by atoms with E-state index in [1.807, 2.05) is 64.1 Å². The van der Waals surface area contributed by atoms with Crippen LogP contribution in [0.4, 0.5) is 5.69 Å². The maximum absolute atomic E-state index is 14.0. The fraction of sp³-hybridized carbons (Fsp3) is 0.333. The van der Waals surface area contributed by atoms with E-state index >= 15 is 0 Å². The predicted octanol–water partition coefficient (Wildman–Crippen LogP) is 4.61. The van der Waals surface area contributed by atoms with Crippen LogP contribution in [-0.4, -0.2) is 44.8 Å². The van der Waals surface area contributed by atoms with Crippen LogP contribution in [0.1, 0.15) is 42.5 Å². The monoisotopic (exact) mass is 535 g/mol. The van der Waals surface area contributed by atoms with Crippen LogP contribution in [-0.2, 0) is 32.6 Å². The van der Waals surface area contributed by atoms with Crippen LogP contribution in [0.2, 0.25) is 0 Å². The van der Waals surface area contributed by atoms with Crippen LogP contribution in [0.25, 0.3) is 0 Å². The van der Waals surface area contributed by atoms with Crippen molar-refractivity contribution >= 4 is 27.5 Å². The van der Waals surface area contributed by atoms with Crippen LogP contribution in [0.3, 0.4) is 0 Å². The first-order chi connectivity index (χ1) is 18.1. The minimum absolute atomic E-state index is 0.102. The Morgan fingerprint density at radius 3 is 2.00 bits per heavy atom. The fourth-order valence-electron chi connectivity index (χ4n) is 4.38. The van der Waals surface area contributed by atoms with Crippen LogP contribution >= 0.6 is 0 Å². The van der Waals surface area contributed by atoms with Crippen LogP contribution in [0, 0.1) is 13.8 Å². The quantitative estimate of drug-likeness (QED) is 0.388. The zero-order valence-electron chi connectivity index (χ0n) is 22.8. The molecule has 1 N–H and O–H groups in total. The summed E-state index contributed by atoms with van der Waals surface area (Å²) in [6, 6.07) is 20.8. The number of hydrogen-bond donors (Lipinski definition) is 1. The molecule has 0 spiro atoms. The smallest absolute Gasteiger partial charge is 0.264 e. The van der Waals surface area contributed by atoms with Gasteiger partial charge in [-0.05, 0) is 56.0 Å². The molecule has 0 aliphatic carbocycles. The number of carbonyl (C=O) groups excluding carboxylic acids is 2. The Morgan fingerprint density at radius 1 is 0.868 bits per heavy atom. The zero-order chi connectivity index (χ0) is 27.9. The van der Waals surface area contributed by atoms with E-state index < -0.39 is 28.5 Å². The van der Waals surface area contributed by atoms with Gasteiger partial charge in [0.25, 0.3) is 10.0 Å². The lowest BCUT2D eigenvalue weighted by molar-refractivity contribution is -0.140. The topological polar surface area (TPSA) is 86.8 Å². The van der Waals surface area contributed by atoms with Gasteiger partial charge in [0.05, 0.1) is 10.6 Å². The highest BCUT2D eigenvalue weighted by molar-refractivity contribution is 7.92. The van der Waals surface area contributed by atoms with Gasteiger partial charge in [0, 0.05) is 13.6 Å². The molecule has 0 fully saturated rings. The number of sulfonamides is 1. The third kappa shape index (κ3) is 6.61. The van der Waals surface area contributed by atoms with Gasteiger partial charge in [-0.25, -0.2) is 8.42 Å². The van der Waals surface area contributed by atoms with Gasteiger partial charge in [0.1, 0.15) is 12.6 Å². The number of likely N-dealkylation sites (N-methyl/N-ethyl adjacent to an activating group) is 1. The average Bonchev–Trinajstić information content (AvgIpc) is 2.92. The lowest BCUT2D eigenvalue weighted by Gasteiger charge is -2.33. The van der Waals surface area contributed by atoms with Gasteiger partial charge >= 0.3 is 0 Å². The van der Waals surface area contributed by atoms with Gasteiger partial charge in [0.15, 0.2) is 0 Å². The van der Waals surface area contributed by atoms with Crippen molar-refractivity contribution in [1.82, 2.24) is 10.2 Å². The molecule has 0 saturated carbocycles. The number of rotatable bonds is 11. The molecule has 202 valence electrons. The van der Waals surface area contributed by atoms with E-state index in [1.54, 1.807) is 36.4 Å². The standard InChI is InChI=1S/C30H37N3O4S/c1-6-25-10-8-9-11-28(25)33(38(36,37)26-18-14-23(4)15-19-26)21-29(34)32(27(7-2)30(35)31-5)20-24-16-12-22(3)13-17-24/h8-19,27H,6-7,20-21H2,1-5H3,(H,31,35)/t27-/m1/s1. The molecule has 0 saturated heterocycles. The summed E-state index contributed by atoms with van der Waals surface area (Å²) < 4.78 is 29.1. The number of carbonyl (C=O) groups is 2. The molecule has 8 heteroatoms. The molecule has 2 amide bonds. The summed E-state index contributed by atoms with van der Waals surface area (Å²) in [5, 5.41) is 2.65. The molecule has 0 bridgehead atoms. The summed E-state index contributed by atoms with van der Waals surface area (Å²) in [6.45, 7) is 7.38. The van der Waals surface area contributed by atoms with E-state index in [-0.39, 0.29) is 17.3 Å². The third-order valence-corrected chi connectivity index (χ3v) is 8.41. The first-order valence-electron chi connectivity index (χ1n) is 12.9. The SMILES string of the molecule is CCc1ccccc1N(CC(=O)N(Cc1ccc(C)cc1)[C@H](CC)C(=O)NC)S(=O)(=O)c1ccc(C)cc1. The second-order valence-corrected chi connectivity index (χ2v) is 11.2. The molecule has 0 aliphatic heterocycles. The Bertz CT molecular complexity index is 1350. The van der Waals surface area contributed by atoms with Crippen LogP contribution in [0.5, 0.6) is 0 Å². The van der Waals surface area contributed by atoms with Crippen molar-refractivity contribution in [2.24, 2.45) is 0 Å². The molecule has 0 radical (unpaired) electrons. The van der Waals surface area contributed by atoms with Crippen molar-refractivity contribution in [3.05, 3.63) is 95.1 Å². The number of anilines is 1. The summed E-state index contributed by atoms with van der Waals surface area (Å²) in [5.74, 6) is -0.752. The third-order valence-electron chi connectivity index (χ3n) is 6.63. The van der Waals surface area contributed by atoms with Gasteiger partial charge in [-0.15, -0.1) is 0 Å². The van der Waals surface area contributed by atoms with Crippen molar-refractivity contribution in [3.63, 3.8) is 0 Å². The predicted molar refractivity (Wildman–Crippen MR) is 151 cm³/mol. The van der Waals surface area contributed by atoms with Crippen molar-refractivity contribution in [2.75, 3.05) is 17.9 Å². The maximum Gasteiger partial charge on any atom is 0.264 e. The highest BCUT2D eigenvalue weighted by atomic mass is 32.2.